The van der Waals surface area contributed by atoms with E-state index in [1.54, 1.807) is 0 Å². The summed E-state index contributed by atoms with van der Waals surface area (Å²) in [7, 11) is 0. The lowest BCUT2D eigenvalue weighted by molar-refractivity contribution is -0.699. The van der Waals surface area contributed by atoms with Gasteiger partial charge in [0.15, 0.2) is 12.7 Å². The number of aliphatic hydroxyl groups excluding tert-OH is 1. The summed E-state index contributed by atoms with van der Waals surface area (Å²) in [6.45, 7) is 21.1. The van der Waals surface area contributed by atoms with Gasteiger partial charge >= 0.3 is 0 Å². The van der Waals surface area contributed by atoms with Crippen molar-refractivity contribution in [3.8, 4) is 0 Å². The summed E-state index contributed by atoms with van der Waals surface area (Å²) >= 11 is 0. The lowest BCUT2D eigenvalue weighted by Crippen LogP contribution is -2.39. The Kier molecular flexibility index (Phi) is 11.3. The highest BCUT2D eigenvalue weighted by atomic mass is 16.5. The molecule has 242 valence electrons. The molecular formula is C42H58NO2+. The van der Waals surface area contributed by atoms with Crippen LogP contribution in [0.1, 0.15) is 112 Å². The third kappa shape index (κ3) is 8.83. The maximum absolute atomic E-state index is 9.67. The Bertz CT molecular complexity index is 1490. The number of aromatic nitrogens is 1. The summed E-state index contributed by atoms with van der Waals surface area (Å²) in [6.07, 6.45) is 31.5. The van der Waals surface area contributed by atoms with Crippen LogP contribution in [0.15, 0.2) is 100 Å². The van der Waals surface area contributed by atoms with Gasteiger partial charge in [0, 0.05) is 18.2 Å². The summed E-state index contributed by atoms with van der Waals surface area (Å²) in [5.74, 6) is 0. The van der Waals surface area contributed by atoms with Crippen LogP contribution in [0.3, 0.4) is 0 Å². The zero-order chi connectivity index (χ0) is 32.8. The van der Waals surface area contributed by atoms with Crippen molar-refractivity contribution >= 4 is 12.2 Å². The molecule has 1 N–H and O–H groups in total. The van der Waals surface area contributed by atoms with Crippen LogP contribution < -0.4 is 4.57 Å². The van der Waals surface area contributed by atoms with Crippen LogP contribution in [-0.2, 0) is 11.3 Å². The monoisotopic (exact) mass is 608 g/mol. The number of fused-ring (bicyclic) bond motifs is 1. The second kappa shape index (κ2) is 14.6. The van der Waals surface area contributed by atoms with E-state index in [-0.39, 0.29) is 29.1 Å². The molecule has 1 aromatic rings. The number of ether oxygens (including phenoxy) is 1. The smallest absolute Gasteiger partial charge is 0.206 e. The zero-order valence-corrected chi connectivity index (χ0v) is 29.5. The number of aliphatic hydroxyl groups is 1. The van der Waals surface area contributed by atoms with Crippen LogP contribution in [0.25, 0.3) is 12.2 Å². The summed E-state index contributed by atoms with van der Waals surface area (Å²) in [6, 6.07) is 4.29. The molecule has 1 saturated carbocycles. The molecule has 0 spiro atoms. The van der Waals surface area contributed by atoms with Gasteiger partial charge in [0.1, 0.15) is 6.61 Å². The number of allylic oxidation sites excluding steroid dienone is 11. The van der Waals surface area contributed by atoms with E-state index in [1.807, 2.05) is 0 Å². The van der Waals surface area contributed by atoms with Crippen LogP contribution in [0.4, 0.5) is 0 Å². The molecule has 4 rings (SSSR count). The van der Waals surface area contributed by atoms with Crippen molar-refractivity contribution in [2.75, 3.05) is 6.61 Å². The number of rotatable bonds is 10. The SMILES string of the molecule is CC1=C(/C=C/C(C)=C/C=C/C(C)=C/c2cc(/C=C/C=C(\C)C3C=C4C(C)(C)CCCC4(C)O3)cc[n+]2CCO)C(C)(C)CCC1. The van der Waals surface area contributed by atoms with Crippen molar-refractivity contribution in [3.05, 3.63) is 112 Å². The van der Waals surface area contributed by atoms with Gasteiger partial charge in [0.2, 0.25) is 5.69 Å². The molecule has 2 aliphatic carbocycles. The minimum Gasteiger partial charge on any atom is -0.390 e. The summed E-state index contributed by atoms with van der Waals surface area (Å²) in [5, 5.41) is 9.67. The average molecular weight is 609 g/mol. The minimum atomic E-state index is -0.132. The molecular weight excluding hydrogens is 550 g/mol. The molecule has 45 heavy (non-hydrogen) atoms. The molecule has 3 nitrogen and oxygen atoms in total. The maximum Gasteiger partial charge on any atom is 0.206 e. The number of hydrogen-bond acceptors (Lipinski definition) is 2. The standard InChI is InChI=1S/C42H58NO2/c1-31(19-20-37-33(3)17-12-22-40(37,5)6)14-10-15-32(2)28-36-29-35(21-25-43(36)26-27-44)18-11-16-34(4)38-30-39-41(7,8)23-13-24-42(39,9)45-38/h10-11,14-16,18-21,25,28-30,38,44H,12-13,17,22-24,26-27H2,1-9H3/q+1/b15-10+,18-11+,20-19+,31-14+,32-28+,34-16+. The minimum absolute atomic E-state index is 0.0379. The fourth-order valence-electron chi connectivity index (χ4n) is 7.49. The van der Waals surface area contributed by atoms with Crippen LogP contribution >= 0.6 is 0 Å². The van der Waals surface area contributed by atoms with Gasteiger partial charge in [-0.2, -0.15) is 4.57 Å². The average Bonchev–Trinajstić information content (AvgIpc) is 3.33. The van der Waals surface area contributed by atoms with Gasteiger partial charge in [-0.3, -0.25) is 0 Å². The molecule has 0 aromatic carbocycles. The molecule has 2 atom stereocenters. The molecule has 2 unspecified atom stereocenters. The van der Waals surface area contributed by atoms with Crippen molar-refractivity contribution in [1.82, 2.24) is 0 Å². The van der Waals surface area contributed by atoms with Crippen LogP contribution in [0.2, 0.25) is 0 Å². The molecule has 1 aromatic heterocycles. The van der Waals surface area contributed by atoms with E-state index in [1.165, 1.54) is 60.0 Å². The first kappa shape index (κ1) is 34.9. The highest BCUT2D eigenvalue weighted by Crippen LogP contribution is 2.52. The summed E-state index contributed by atoms with van der Waals surface area (Å²) in [4.78, 5) is 0. The zero-order valence-electron chi connectivity index (χ0n) is 29.5. The van der Waals surface area contributed by atoms with E-state index in [4.69, 9.17) is 4.74 Å². The van der Waals surface area contributed by atoms with E-state index in [0.717, 1.165) is 23.3 Å². The van der Waals surface area contributed by atoms with Gasteiger partial charge in [-0.1, -0.05) is 87.4 Å². The van der Waals surface area contributed by atoms with Crippen LogP contribution in [0, 0.1) is 10.8 Å². The van der Waals surface area contributed by atoms with Gasteiger partial charge in [-0.05, 0) is 118 Å². The van der Waals surface area contributed by atoms with E-state index >= 15 is 0 Å². The number of nitrogens with zero attached hydrogens (tertiary/aromatic N) is 1. The predicted molar refractivity (Wildman–Crippen MR) is 192 cm³/mol. The highest BCUT2D eigenvalue weighted by Gasteiger charge is 2.47. The Morgan fingerprint density at radius 3 is 2.40 bits per heavy atom. The molecule has 2 heterocycles. The van der Waals surface area contributed by atoms with Gasteiger partial charge in [0.25, 0.3) is 0 Å². The van der Waals surface area contributed by atoms with Crippen LogP contribution in [0.5, 0.6) is 0 Å². The second-order valence-corrected chi connectivity index (χ2v) is 15.1. The molecule has 3 aliphatic rings. The van der Waals surface area contributed by atoms with E-state index in [9.17, 15) is 5.11 Å². The van der Waals surface area contributed by atoms with Gasteiger partial charge in [-0.25, -0.2) is 0 Å². The fraction of sp³-hybridized carbons (Fsp3) is 0.500. The van der Waals surface area contributed by atoms with Crippen LogP contribution in [-0.4, -0.2) is 23.4 Å². The van der Waals surface area contributed by atoms with E-state index < -0.39 is 0 Å². The maximum atomic E-state index is 9.67. The van der Waals surface area contributed by atoms with Crippen molar-refractivity contribution in [1.29, 1.82) is 0 Å². The second-order valence-electron chi connectivity index (χ2n) is 15.1. The number of hydrogen-bond donors (Lipinski definition) is 1. The molecule has 0 radical (unpaired) electrons. The van der Waals surface area contributed by atoms with Crippen molar-refractivity contribution in [3.63, 3.8) is 0 Å². The topological polar surface area (TPSA) is 33.3 Å². The van der Waals surface area contributed by atoms with Gasteiger partial charge in [-0.15, -0.1) is 0 Å². The highest BCUT2D eigenvalue weighted by molar-refractivity contribution is 5.57. The van der Waals surface area contributed by atoms with E-state index in [2.05, 4.69) is 146 Å². The molecule has 1 aliphatic heterocycles. The molecule has 0 saturated heterocycles. The van der Waals surface area contributed by atoms with Crippen molar-refractivity contribution in [2.24, 2.45) is 10.8 Å². The first-order valence-corrected chi connectivity index (χ1v) is 17.1. The Labute approximate surface area is 274 Å². The molecule has 1 fully saturated rings. The van der Waals surface area contributed by atoms with Crippen molar-refractivity contribution in [2.45, 2.75) is 119 Å². The van der Waals surface area contributed by atoms with E-state index in [0.29, 0.717) is 6.54 Å². The lowest BCUT2D eigenvalue weighted by atomic mass is 9.67. The largest absolute Gasteiger partial charge is 0.390 e. The summed E-state index contributed by atoms with van der Waals surface area (Å²) in [5.41, 5.74) is 10.6. The van der Waals surface area contributed by atoms with Gasteiger partial charge in [0.05, 0.1) is 11.7 Å². The third-order valence-electron chi connectivity index (χ3n) is 10.1. The first-order chi connectivity index (χ1) is 21.2. The first-order valence-electron chi connectivity index (χ1n) is 17.1. The molecule has 3 heteroatoms. The Morgan fingerprint density at radius 1 is 0.933 bits per heavy atom. The lowest BCUT2D eigenvalue weighted by Gasteiger charge is -2.42. The number of pyridine rings is 1. The Balaban J connectivity index is 1.45. The Morgan fingerprint density at radius 2 is 1.69 bits per heavy atom. The van der Waals surface area contributed by atoms with Crippen molar-refractivity contribution < 1.29 is 14.4 Å². The quantitative estimate of drug-likeness (QED) is 0.163. The normalized spacial score (nSPS) is 26.0. The molecule has 0 amide bonds. The fourth-order valence-corrected chi connectivity index (χ4v) is 7.49. The molecule has 0 bridgehead atoms. The predicted octanol–water partition coefficient (Wildman–Crippen LogP) is 10.2. The summed E-state index contributed by atoms with van der Waals surface area (Å²) < 4.78 is 8.71. The van der Waals surface area contributed by atoms with Gasteiger partial charge < -0.3 is 9.84 Å². The third-order valence-corrected chi connectivity index (χ3v) is 10.1. The Hall–Kier alpha value is -3.01.